The minimum Gasteiger partial charge on any atom is -0.464 e. The van der Waals surface area contributed by atoms with E-state index in [0.717, 1.165) is 0 Å². The Labute approximate surface area is 127 Å². The number of halogens is 1. The minimum atomic E-state index is -0.733. The van der Waals surface area contributed by atoms with Crippen molar-refractivity contribution in [3.63, 3.8) is 0 Å². The number of esters is 1. The van der Waals surface area contributed by atoms with E-state index in [1.807, 2.05) is 12.1 Å². The number of para-hydroxylation sites is 1. The first-order chi connectivity index (χ1) is 10.0. The van der Waals surface area contributed by atoms with Gasteiger partial charge in [0, 0.05) is 5.39 Å². The molecule has 1 aromatic heterocycles. The zero-order valence-electron chi connectivity index (χ0n) is 11.7. The summed E-state index contributed by atoms with van der Waals surface area (Å²) in [6.45, 7) is 3.55. The second kappa shape index (κ2) is 6.54. The molecule has 0 aliphatic rings. The molecule has 2 rings (SSSR count). The Morgan fingerprint density at radius 3 is 2.81 bits per heavy atom. The predicted molar refractivity (Wildman–Crippen MR) is 80.3 cm³/mol. The lowest BCUT2D eigenvalue weighted by molar-refractivity contribution is -0.144. The smallest absolute Gasteiger partial charge is 0.328 e. The van der Waals surface area contributed by atoms with Gasteiger partial charge in [0.25, 0.3) is 5.91 Å². The van der Waals surface area contributed by atoms with E-state index >= 15 is 0 Å². The number of nitrogens with one attached hydrogen (secondary N) is 1. The number of ether oxygens (including phenoxy) is 1. The van der Waals surface area contributed by atoms with Gasteiger partial charge in [0.15, 0.2) is 0 Å². The van der Waals surface area contributed by atoms with Gasteiger partial charge in [-0.3, -0.25) is 4.79 Å². The van der Waals surface area contributed by atoms with Gasteiger partial charge in [0.05, 0.1) is 17.7 Å². The molecular formula is C15H15ClN2O3. The highest BCUT2D eigenvalue weighted by Crippen LogP contribution is 2.20. The molecule has 2 aromatic rings. The van der Waals surface area contributed by atoms with Gasteiger partial charge in [0.1, 0.15) is 11.2 Å². The lowest BCUT2D eigenvalue weighted by Gasteiger charge is -2.13. The summed E-state index contributed by atoms with van der Waals surface area (Å²) in [4.78, 5) is 28.0. The zero-order valence-corrected chi connectivity index (χ0v) is 12.5. The summed E-state index contributed by atoms with van der Waals surface area (Å²) in [6, 6.07) is 7.92. The molecule has 5 nitrogen and oxygen atoms in total. The summed E-state index contributed by atoms with van der Waals surface area (Å²) in [5.74, 6) is -0.869. The summed E-state index contributed by atoms with van der Waals surface area (Å²) in [6.07, 6.45) is 0. The van der Waals surface area contributed by atoms with Crippen LogP contribution in [-0.2, 0) is 9.53 Å². The van der Waals surface area contributed by atoms with E-state index in [9.17, 15) is 9.59 Å². The fourth-order valence-corrected chi connectivity index (χ4v) is 2.13. The Morgan fingerprint density at radius 2 is 2.10 bits per heavy atom. The maximum Gasteiger partial charge on any atom is 0.328 e. The average Bonchev–Trinajstić information content (AvgIpc) is 2.46. The van der Waals surface area contributed by atoms with Crippen LogP contribution >= 0.6 is 11.6 Å². The molecule has 110 valence electrons. The molecule has 1 unspecified atom stereocenters. The Kier molecular flexibility index (Phi) is 4.75. The van der Waals surface area contributed by atoms with Gasteiger partial charge in [-0.25, -0.2) is 9.78 Å². The van der Waals surface area contributed by atoms with E-state index < -0.39 is 17.9 Å². The summed E-state index contributed by atoms with van der Waals surface area (Å²) >= 11 is 5.93. The van der Waals surface area contributed by atoms with Gasteiger partial charge in [-0.15, -0.1) is 0 Å². The molecule has 0 aliphatic heterocycles. The Morgan fingerprint density at radius 1 is 1.38 bits per heavy atom. The van der Waals surface area contributed by atoms with Gasteiger partial charge < -0.3 is 10.1 Å². The number of benzene rings is 1. The standard InChI is InChI=1S/C15H15ClN2O3/c1-3-21-15(20)9(2)17-14(19)11-8-13(16)18-12-7-5-4-6-10(11)12/h4-9H,3H2,1-2H3,(H,17,19). The zero-order chi connectivity index (χ0) is 15.4. The number of rotatable bonds is 4. The van der Waals surface area contributed by atoms with E-state index in [1.165, 1.54) is 6.07 Å². The summed E-state index contributed by atoms with van der Waals surface area (Å²) in [7, 11) is 0. The number of amides is 1. The first-order valence-corrected chi connectivity index (χ1v) is 6.93. The van der Waals surface area contributed by atoms with Crippen molar-refractivity contribution < 1.29 is 14.3 Å². The molecule has 0 bridgehead atoms. The fourth-order valence-electron chi connectivity index (χ4n) is 1.93. The van der Waals surface area contributed by atoms with E-state index in [0.29, 0.717) is 16.5 Å². The second-order valence-electron chi connectivity index (χ2n) is 4.46. The monoisotopic (exact) mass is 306 g/mol. The number of carbonyl (C=O) groups is 2. The normalized spacial score (nSPS) is 12.0. The Hall–Kier alpha value is -2.14. The first-order valence-electron chi connectivity index (χ1n) is 6.55. The van der Waals surface area contributed by atoms with Gasteiger partial charge in [-0.2, -0.15) is 0 Å². The quantitative estimate of drug-likeness (QED) is 0.696. The molecule has 1 amide bonds. The summed E-state index contributed by atoms with van der Waals surface area (Å²) in [5, 5.41) is 3.50. The maximum atomic E-state index is 12.3. The van der Waals surface area contributed by atoms with Crippen molar-refractivity contribution in [1.29, 1.82) is 0 Å². The molecule has 0 saturated heterocycles. The van der Waals surface area contributed by atoms with Gasteiger partial charge in [-0.05, 0) is 26.0 Å². The van der Waals surface area contributed by atoms with Crippen LogP contribution in [-0.4, -0.2) is 29.5 Å². The first kappa shape index (κ1) is 15.3. The average molecular weight is 307 g/mol. The van der Waals surface area contributed by atoms with Crippen LogP contribution in [0.4, 0.5) is 0 Å². The number of nitrogens with zero attached hydrogens (tertiary/aromatic N) is 1. The number of hydrogen-bond acceptors (Lipinski definition) is 4. The molecule has 21 heavy (non-hydrogen) atoms. The van der Waals surface area contributed by atoms with Crippen LogP contribution < -0.4 is 5.32 Å². The number of pyridine rings is 1. The maximum absolute atomic E-state index is 12.3. The van der Waals surface area contributed by atoms with Crippen LogP contribution in [0.2, 0.25) is 5.15 Å². The van der Waals surface area contributed by atoms with Crippen molar-refractivity contribution in [2.75, 3.05) is 6.61 Å². The lowest BCUT2D eigenvalue weighted by atomic mass is 10.1. The van der Waals surface area contributed by atoms with Gasteiger partial charge in [0.2, 0.25) is 0 Å². The molecule has 6 heteroatoms. The molecule has 0 spiro atoms. The van der Waals surface area contributed by atoms with E-state index in [2.05, 4.69) is 10.3 Å². The fraction of sp³-hybridized carbons (Fsp3) is 0.267. The van der Waals surface area contributed by atoms with Crippen molar-refractivity contribution in [1.82, 2.24) is 10.3 Å². The lowest BCUT2D eigenvalue weighted by Crippen LogP contribution is -2.39. The Bertz CT molecular complexity index is 688. The van der Waals surface area contributed by atoms with Crippen molar-refractivity contribution in [2.45, 2.75) is 19.9 Å². The molecule has 1 heterocycles. The van der Waals surface area contributed by atoms with Crippen molar-refractivity contribution in [3.8, 4) is 0 Å². The molecule has 1 atom stereocenters. The molecule has 0 radical (unpaired) electrons. The van der Waals surface area contributed by atoms with Crippen molar-refractivity contribution in [2.24, 2.45) is 0 Å². The van der Waals surface area contributed by atoms with Gasteiger partial charge >= 0.3 is 5.97 Å². The summed E-state index contributed by atoms with van der Waals surface area (Å²) in [5.41, 5.74) is 1.00. The topological polar surface area (TPSA) is 68.3 Å². The second-order valence-corrected chi connectivity index (χ2v) is 4.84. The van der Waals surface area contributed by atoms with Gasteiger partial charge in [-0.1, -0.05) is 29.8 Å². The number of aromatic nitrogens is 1. The molecule has 0 saturated carbocycles. The number of hydrogen-bond donors (Lipinski definition) is 1. The molecule has 0 fully saturated rings. The van der Waals surface area contributed by atoms with Crippen LogP contribution in [0.25, 0.3) is 10.9 Å². The third-order valence-electron chi connectivity index (χ3n) is 2.92. The minimum absolute atomic E-state index is 0.225. The van der Waals surface area contributed by atoms with Crippen LogP contribution in [0.3, 0.4) is 0 Å². The van der Waals surface area contributed by atoms with E-state index in [4.69, 9.17) is 16.3 Å². The number of carbonyl (C=O) groups excluding carboxylic acids is 2. The predicted octanol–water partition coefficient (Wildman–Crippen LogP) is 2.57. The van der Waals surface area contributed by atoms with Crippen LogP contribution in [0.1, 0.15) is 24.2 Å². The largest absolute Gasteiger partial charge is 0.464 e. The van der Waals surface area contributed by atoms with E-state index in [-0.39, 0.29) is 11.8 Å². The Balaban J connectivity index is 2.29. The van der Waals surface area contributed by atoms with Crippen molar-refractivity contribution >= 4 is 34.4 Å². The SMILES string of the molecule is CCOC(=O)C(C)NC(=O)c1cc(Cl)nc2ccccc12. The van der Waals surface area contributed by atoms with Crippen LogP contribution in [0.5, 0.6) is 0 Å². The molecule has 1 N–H and O–H groups in total. The highest BCUT2D eigenvalue weighted by atomic mass is 35.5. The molecular weight excluding hydrogens is 292 g/mol. The third-order valence-corrected chi connectivity index (χ3v) is 3.11. The summed E-state index contributed by atoms with van der Waals surface area (Å²) < 4.78 is 4.86. The van der Waals surface area contributed by atoms with Crippen molar-refractivity contribution in [3.05, 3.63) is 41.0 Å². The van der Waals surface area contributed by atoms with E-state index in [1.54, 1.807) is 26.0 Å². The third kappa shape index (κ3) is 3.49. The molecule has 1 aromatic carbocycles. The molecule has 0 aliphatic carbocycles. The highest BCUT2D eigenvalue weighted by Gasteiger charge is 2.19. The van der Waals surface area contributed by atoms with Crippen LogP contribution in [0.15, 0.2) is 30.3 Å². The highest BCUT2D eigenvalue weighted by molar-refractivity contribution is 6.30. The van der Waals surface area contributed by atoms with Crippen LogP contribution in [0, 0.1) is 0 Å². The number of fused-ring (bicyclic) bond motifs is 1.